The minimum atomic E-state index is -4.46. The number of aryl methyl sites for hydroxylation is 1. The summed E-state index contributed by atoms with van der Waals surface area (Å²) in [5, 5.41) is 6.15. The van der Waals surface area contributed by atoms with Crippen LogP contribution in [-0.4, -0.2) is 29.1 Å². The highest BCUT2D eigenvalue weighted by Gasteiger charge is 2.31. The first-order valence-corrected chi connectivity index (χ1v) is 11.9. The van der Waals surface area contributed by atoms with E-state index in [1.54, 1.807) is 42.6 Å². The molecule has 0 atom stereocenters. The zero-order valence-electron chi connectivity index (χ0n) is 20.0. The van der Waals surface area contributed by atoms with Crippen LogP contribution in [-0.2, 0) is 12.6 Å². The first-order chi connectivity index (χ1) is 17.8. The third-order valence-corrected chi connectivity index (χ3v) is 5.99. The lowest BCUT2D eigenvalue weighted by Gasteiger charge is -2.22. The maximum absolute atomic E-state index is 13.4. The summed E-state index contributed by atoms with van der Waals surface area (Å²) in [5.74, 6) is 1.58. The number of urea groups is 1. The third-order valence-electron chi connectivity index (χ3n) is 5.99. The van der Waals surface area contributed by atoms with Crippen molar-refractivity contribution in [2.75, 3.05) is 28.6 Å². The Balaban J connectivity index is 1.43. The third kappa shape index (κ3) is 5.28. The van der Waals surface area contributed by atoms with E-state index in [1.165, 1.54) is 11.0 Å². The van der Waals surface area contributed by atoms with E-state index in [0.29, 0.717) is 66.0 Å². The van der Waals surface area contributed by atoms with Crippen LogP contribution in [0.5, 0.6) is 0 Å². The molecule has 10 heteroatoms. The van der Waals surface area contributed by atoms with Crippen molar-refractivity contribution in [3.8, 4) is 22.6 Å². The van der Waals surface area contributed by atoms with E-state index < -0.39 is 17.8 Å². The molecular formula is C27H24F3N5O2. The summed E-state index contributed by atoms with van der Waals surface area (Å²) in [6.07, 6.45) is -1.47. The summed E-state index contributed by atoms with van der Waals surface area (Å²) in [4.78, 5) is 23.7. The van der Waals surface area contributed by atoms with Gasteiger partial charge in [0.1, 0.15) is 0 Å². The molecule has 1 aliphatic heterocycles. The van der Waals surface area contributed by atoms with E-state index in [9.17, 15) is 18.0 Å². The summed E-state index contributed by atoms with van der Waals surface area (Å²) in [5.41, 5.74) is 1.86. The molecule has 0 unspecified atom stereocenters. The molecule has 5 rings (SSSR count). The molecule has 37 heavy (non-hydrogen) atoms. The van der Waals surface area contributed by atoms with Gasteiger partial charge >= 0.3 is 12.2 Å². The number of anilines is 3. The van der Waals surface area contributed by atoms with E-state index >= 15 is 0 Å². The Morgan fingerprint density at radius 3 is 2.70 bits per heavy atom. The first-order valence-electron chi connectivity index (χ1n) is 11.9. The predicted molar refractivity (Wildman–Crippen MR) is 135 cm³/mol. The van der Waals surface area contributed by atoms with Gasteiger partial charge in [0.2, 0.25) is 0 Å². The number of nitrogens with zero attached hydrogens (tertiary/aromatic N) is 3. The van der Waals surface area contributed by atoms with Gasteiger partial charge in [0.05, 0.1) is 23.1 Å². The van der Waals surface area contributed by atoms with Crippen LogP contribution in [0, 0.1) is 0 Å². The van der Waals surface area contributed by atoms with Gasteiger partial charge < -0.3 is 15.1 Å². The number of halogens is 3. The van der Waals surface area contributed by atoms with E-state index in [4.69, 9.17) is 4.42 Å². The predicted octanol–water partition coefficient (Wildman–Crippen LogP) is 6.84. The van der Waals surface area contributed by atoms with Crippen molar-refractivity contribution < 1.29 is 22.4 Å². The van der Waals surface area contributed by atoms with Gasteiger partial charge in [0.25, 0.3) is 0 Å². The fourth-order valence-corrected chi connectivity index (χ4v) is 4.12. The van der Waals surface area contributed by atoms with Crippen LogP contribution in [0.3, 0.4) is 0 Å². The molecule has 1 aliphatic rings. The molecule has 7 nitrogen and oxygen atoms in total. The molecule has 0 aliphatic carbocycles. The lowest BCUT2D eigenvalue weighted by Crippen LogP contribution is -2.36. The number of hydrogen-bond donors (Lipinski definition) is 2. The summed E-state index contributed by atoms with van der Waals surface area (Å²) >= 11 is 0. The molecular weight excluding hydrogens is 483 g/mol. The molecule has 0 saturated carbocycles. The van der Waals surface area contributed by atoms with Gasteiger partial charge in [-0.25, -0.2) is 14.8 Å². The fraction of sp³-hybridized carbons (Fsp3) is 0.222. The summed E-state index contributed by atoms with van der Waals surface area (Å²) < 4.78 is 45.4. The number of pyridine rings is 1. The first kappa shape index (κ1) is 24.4. The highest BCUT2D eigenvalue weighted by molar-refractivity contribution is 6.03. The van der Waals surface area contributed by atoms with Crippen LogP contribution in [0.25, 0.3) is 22.6 Å². The second-order valence-electron chi connectivity index (χ2n) is 8.56. The average molecular weight is 508 g/mol. The van der Waals surface area contributed by atoms with Gasteiger partial charge in [-0.05, 0) is 42.8 Å². The number of rotatable bonds is 4. The maximum atomic E-state index is 13.4. The smallest absolute Gasteiger partial charge is 0.416 e. The van der Waals surface area contributed by atoms with Gasteiger partial charge in [0, 0.05) is 36.3 Å². The van der Waals surface area contributed by atoms with Crippen LogP contribution in [0.4, 0.5) is 35.2 Å². The number of benzene rings is 2. The highest BCUT2D eigenvalue weighted by atomic mass is 19.4. The number of alkyl halides is 3. The maximum Gasteiger partial charge on any atom is 0.416 e. The number of oxazole rings is 1. The SMILES string of the molecule is CCc1ncc(-c2cccc(NC(=O)N3CCCNc4ccc(-c5cccc(C(F)(F)F)c5)nc43)c2)o1. The Morgan fingerprint density at radius 1 is 1.11 bits per heavy atom. The van der Waals surface area contributed by atoms with Crippen LogP contribution in [0.15, 0.2) is 71.3 Å². The van der Waals surface area contributed by atoms with Crippen molar-refractivity contribution in [2.45, 2.75) is 25.9 Å². The van der Waals surface area contributed by atoms with Crippen molar-refractivity contribution >= 4 is 23.2 Å². The van der Waals surface area contributed by atoms with Crippen LogP contribution >= 0.6 is 0 Å². The Kier molecular flexibility index (Phi) is 6.56. The molecule has 0 saturated heterocycles. The standard InChI is InChI=1S/C27H24F3N5O2/c1-2-24-32-16-23(37-24)18-7-4-9-20(15-18)33-26(36)35-13-5-12-31-22-11-10-21(34-25(22)35)17-6-3-8-19(14-17)27(28,29)30/h3-4,6-11,14-16,31H,2,5,12-13H2,1H3,(H,33,36). The Hall–Kier alpha value is -4.34. The van der Waals surface area contributed by atoms with E-state index in [0.717, 1.165) is 17.7 Å². The highest BCUT2D eigenvalue weighted by Crippen LogP contribution is 2.34. The zero-order chi connectivity index (χ0) is 26.0. The number of aromatic nitrogens is 2. The average Bonchev–Trinajstić information content (AvgIpc) is 3.28. The zero-order valence-corrected chi connectivity index (χ0v) is 20.0. The fourth-order valence-electron chi connectivity index (χ4n) is 4.12. The monoisotopic (exact) mass is 507 g/mol. The largest absolute Gasteiger partial charge is 0.441 e. The number of nitrogens with one attached hydrogen (secondary N) is 2. The molecule has 2 aromatic heterocycles. The molecule has 3 heterocycles. The minimum absolute atomic E-state index is 0.313. The Bertz CT molecular complexity index is 1430. The van der Waals surface area contributed by atoms with Gasteiger partial charge in [-0.1, -0.05) is 31.2 Å². The molecule has 190 valence electrons. The van der Waals surface area contributed by atoms with Crippen molar-refractivity contribution in [3.05, 3.63) is 78.3 Å². The summed E-state index contributed by atoms with van der Waals surface area (Å²) in [6, 6.07) is 15.2. The second-order valence-corrected chi connectivity index (χ2v) is 8.56. The van der Waals surface area contributed by atoms with Gasteiger partial charge in [-0.15, -0.1) is 0 Å². The molecule has 0 bridgehead atoms. The molecule has 2 N–H and O–H groups in total. The van der Waals surface area contributed by atoms with Crippen LogP contribution in [0.2, 0.25) is 0 Å². The van der Waals surface area contributed by atoms with Crippen molar-refractivity contribution in [3.63, 3.8) is 0 Å². The number of carbonyl (C=O) groups excluding carboxylic acids is 1. The van der Waals surface area contributed by atoms with Crippen LogP contribution < -0.4 is 15.5 Å². The van der Waals surface area contributed by atoms with E-state index in [2.05, 4.69) is 20.6 Å². The molecule has 0 radical (unpaired) electrons. The topological polar surface area (TPSA) is 83.3 Å². The summed E-state index contributed by atoms with van der Waals surface area (Å²) in [6.45, 7) is 2.96. The normalized spacial score (nSPS) is 13.5. The van der Waals surface area contributed by atoms with Gasteiger partial charge in [-0.2, -0.15) is 13.2 Å². The minimum Gasteiger partial charge on any atom is -0.441 e. The second kappa shape index (κ2) is 9.96. The van der Waals surface area contributed by atoms with Gasteiger partial charge in [0.15, 0.2) is 17.5 Å². The molecule has 2 amide bonds. The van der Waals surface area contributed by atoms with Crippen LogP contribution in [0.1, 0.15) is 24.8 Å². The van der Waals surface area contributed by atoms with Crippen molar-refractivity contribution in [1.82, 2.24) is 9.97 Å². The van der Waals surface area contributed by atoms with Gasteiger partial charge in [-0.3, -0.25) is 4.90 Å². The Morgan fingerprint density at radius 2 is 1.92 bits per heavy atom. The number of amides is 2. The van der Waals surface area contributed by atoms with Crippen molar-refractivity contribution in [2.24, 2.45) is 0 Å². The molecule has 4 aromatic rings. The number of fused-ring (bicyclic) bond motifs is 1. The van der Waals surface area contributed by atoms with E-state index in [1.807, 2.05) is 13.0 Å². The molecule has 2 aromatic carbocycles. The quantitative estimate of drug-likeness (QED) is 0.316. The molecule has 0 fully saturated rings. The van der Waals surface area contributed by atoms with E-state index in [-0.39, 0.29) is 0 Å². The number of hydrogen-bond acceptors (Lipinski definition) is 5. The molecule has 0 spiro atoms. The summed E-state index contributed by atoms with van der Waals surface area (Å²) in [7, 11) is 0. The number of carbonyl (C=O) groups is 1. The Labute approximate surface area is 211 Å². The van der Waals surface area contributed by atoms with Crippen molar-refractivity contribution in [1.29, 1.82) is 0 Å². The lowest BCUT2D eigenvalue weighted by molar-refractivity contribution is -0.137. The lowest BCUT2D eigenvalue weighted by atomic mass is 10.1.